The van der Waals surface area contributed by atoms with Crippen LogP contribution in [-0.4, -0.2) is 50.7 Å². The molecule has 0 saturated carbocycles. The number of benzene rings is 1. The van der Waals surface area contributed by atoms with Gasteiger partial charge in [0.25, 0.3) is 0 Å². The number of carbonyl (C=O) groups is 1. The number of rotatable bonds is 6. The number of hydrogen-bond donors (Lipinski definition) is 1. The van der Waals surface area contributed by atoms with Crippen LogP contribution in [0, 0.1) is 11.3 Å². The molecule has 1 heterocycles. The highest BCUT2D eigenvalue weighted by atomic mass is 32.2. The van der Waals surface area contributed by atoms with E-state index in [1.165, 1.54) is 0 Å². The van der Waals surface area contributed by atoms with Crippen LogP contribution in [0.15, 0.2) is 35.2 Å². The van der Waals surface area contributed by atoms with Crippen LogP contribution in [0.1, 0.15) is 12.8 Å². The van der Waals surface area contributed by atoms with E-state index < -0.39 is 9.84 Å². The molecule has 0 aliphatic carbocycles. The molecule has 1 N–H and O–H groups in total. The number of carbonyl (C=O) groups excluding carboxylic acids is 1. The first-order valence-corrected chi connectivity index (χ1v) is 8.87. The molecule has 0 aromatic heterocycles. The summed E-state index contributed by atoms with van der Waals surface area (Å²) in [7, 11) is -3.33. The van der Waals surface area contributed by atoms with E-state index >= 15 is 0 Å². The Morgan fingerprint density at radius 3 is 2.77 bits per heavy atom. The van der Waals surface area contributed by atoms with Crippen molar-refractivity contribution in [2.45, 2.75) is 23.8 Å². The first-order valence-electron chi connectivity index (χ1n) is 7.22. The van der Waals surface area contributed by atoms with Crippen molar-refractivity contribution >= 4 is 15.7 Å². The molecule has 1 aromatic carbocycles. The molecule has 2 rings (SSSR count). The lowest BCUT2D eigenvalue weighted by atomic mass is 10.2. The van der Waals surface area contributed by atoms with Gasteiger partial charge in [-0.2, -0.15) is 5.26 Å². The molecule has 6 nitrogen and oxygen atoms in total. The van der Waals surface area contributed by atoms with E-state index in [2.05, 4.69) is 11.4 Å². The number of amides is 1. The van der Waals surface area contributed by atoms with Gasteiger partial charge >= 0.3 is 0 Å². The number of sulfone groups is 1. The van der Waals surface area contributed by atoms with E-state index in [-0.39, 0.29) is 35.7 Å². The summed E-state index contributed by atoms with van der Waals surface area (Å²) >= 11 is 0. The van der Waals surface area contributed by atoms with Crippen LogP contribution in [0.2, 0.25) is 0 Å². The number of nitrogens with one attached hydrogen (secondary N) is 1. The van der Waals surface area contributed by atoms with E-state index in [0.29, 0.717) is 13.0 Å². The van der Waals surface area contributed by atoms with Crippen molar-refractivity contribution in [2.24, 2.45) is 0 Å². The molecule has 7 heteroatoms. The number of nitrogens with zero attached hydrogens (tertiary/aromatic N) is 2. The minimum absolute atomic E-state index is 0.0580. The fraction of sp³-hybridized carbons (Fsp3) is 0.467. The van der Waals surface area contributed by atoms with Gasteiger partial charge in [-0.15, -0.1) is 0 Å². The molecule has 0 spiro atoms. The maximum Gasteiger partial charge on any atom is 0.237 e. The molecule has 22 heavy (non-hydrogen) atoms. The SMILES string of the molecule is N#C[C@@H]1CCCN1C(=O)CNCCS(=O)(=O)c1ccccc1. The molecular weight excluding hydrogens is 302 g/mol. The van der Waals surface area contributed by atoms with Gasteiger partial charge in [-0.05, 0) is 25.0 Å². The van der Waals surface area contributed by atoms with Gasteiger partial charge in [-0.25, -0.2) is 8.42 Å². The van der Waals surface area contributed by atoms with Crippen LogP contribution in [0.3, 0.4) is 0 Å². The molecule has 0 unspecified atom stereocenters. The van der Waals surface area contributed by atoms with Crippen LogP contribution >= 0.6 is 0 Å². The molecular formula is C15H19N3O3S. The summed E-state index contributed by atoms with van der Waals surface area (Å²) < 4.78 is 24.1. The Labute approximate surface area is 130 Å². The van der Waals surface area contributed by atoms with Gasteiger partial charge in [0.15, 0.2) is 9.84 Å². The summed E-state index contributed by atoms with van der Waals surface area (Å²) in [6.07, 6.45) is 1.55. The zero-order valence-corrected chi connectivity index (χ0v) is 13.1. The summed E-state index contributed by atoms with van der Waals surface area (Å²) in [4.78, 5) is 13.8. The second-order valence-electron chi connectivity index (χ2n) is 5.18. The molecule has 1 aliphatic rings. The Balaban J connectivity index is 1.78. The van der Waals surface area contributed by atoms with E-state index in [1.807, 2.05) is 0 Å². The molecule has 118 valence electrons. The summed E-state index contributed by atoms with van der Waals surface area (Å²) in [5, 5.41) is 11.8. The normalized spacial score (nSPS) is 18.1. The Kier molecular flexibility index (Phi) is 5.52. The van der Waals surface area contributed by atoms with Crippen LogP contribution < -0.4 is 5.32 Å². The lowest BCUT2D eigenvalue weighted by molar-refractivity contribution is -0.130. The van der Waals surface area contributed by atoms with Gasteiger partial charge in [0.2, 0.25) is 5.91 Å². The van der Waals surface area contributed by atoms with Crippen molar-refractivity contribution < 1.29 is 13.2 Å². The third-order valence-electron chi connectivity index (χ3n) is 3.65. The van der Waals surface area contributed by atoms with Gasteiger partial charge in [0.05, 0.1) is 23.3 Å². The Hall–Kier alpha value is -1.91. The largest absolute Gasteiger partial charge is 0.326 e. The summed E-state index contributed by atoms with van der Waals surface area (Å²) in [6, 6.07) is 10.0. The van der Waals surface area contributed by atoms with Crippen LogP contribution in [-0.2, 0) is 14.6 Å². The van der Waals surface area contributed by atoms with Gasteiger partial charge in [0, 0.05) is 13.1 Å². The summed E-state index contributed by atoms with van der Waals surface area (Å²) in [6.45, 7) is 0.859. The lowest BCUT2D eigenvalue weighted by Gasteiger charge is -2.19. The molecule has 1 fully saturated rings. The monoisotopic (exact) mass is 321 g/mol. The standard InChI is InChI=1S/C15H19N3O3S/c16-11-13-5-4-9-18(13)15(19)12-17-8-10-22(20,21)14-6-2-1-3-7-14/h1-3,6-7,13,17H,4-5,8-10,12H2/t13-/m0/s1. The Morgan fingerprint density at radius 2 is 2.09 bits per heavy atom. The summed E-state index contributed by atoms with van der Waals surface area (Å²) in [5.74, 6) is -0.215. The van der Waals surface area contributed by atoms with Crippen LogP contribution in [0.25, 0.3) is 0 Å². The number of nitriles is 1. The van der Waals surface area contributed by atoms with Gasteiger partial charge in [-0.3, -0.25) is 4.79 Å². The second-order valence-corrected chi connectivity index (χ2v) is 7.29. The molecule has 1 amide bonds. The maximum atomic E-state index is 12.1. The lowest BCUT2D eigenvalue weighted by Crippen LogP contribution is -2.41. The Bertz CT molecular complexity index is 652. The highest BCUT2D eigenvalue weighted by Crippen LogP contribution is 2.16. The average molecular weight is 321 g/mol. The smallest absolute Gasteiger partial charge is 0.237 e. The summed E-state index contributed by atoms with van der Waals surface area (Å²) in [5.41, 5.74) is 0. The highest BCUT2D eigenvalue weighted by molar-refractivity contribution is 7.91. The second kappa shape index (κ2) is 7.38. The number of hydrogen-bond acceptors (Lipinski definition) is 5. The zero-order chi connectivity index (χ0) is 16.0. The zero-order valence-electron chi connectivity index (χ0n) is 12.2. The third kappa shape index (κ3) is 4.06. The molecule has 0 bridgehead atoms. The topological polar surface area (TPSA) is 90.3 Å². The molecule has 0 radical (unpaired) electrons. The van der Waals surface area contributed by atoms with E-state index in [1.54, 1.807) is 35.2 Å². The van der Waals surface area contributed by atoms with Crippen molar-refractivity contribution in [2.75, 3.05) is 25.4 Å². The minimum Gasteiger partial charge on any atom is -0.326 e. The average Bonchev–Trinajstić information content (AvgIpc) is 3.01. The minimum atomic E-state index is -3.33. The fourth-order valence-electron chi connectivity index (χ4n) is 2.45. The van der Waals surface area contributed by atoms with Gasteiger partial charge in [0.1, 0.15) is 6.04 Å². The van der Waals surface area contributed by atoms with Crippen molar-refractivity contribution in [3.8, 4) is 6.07 Å². The Morgan fingerprint density at radius 1 is 1.36 bits per heavy atom. The van der Waals surface area contributed by atoms with E-state index in [4.69, 9.17) is 5.26 Å². The van der Waals surface area contributed by atoms with Gasteiger partial charge in [-0.1, -0.05) is 18.2 Å². The predicted molar refractivity (Wildman–Crippen MR) is 81.7 cm³/mol. The highest BCUT2D eigenvalue weighted by Gasteiger charge is 2.27. The molecule has 1 atom stereocenters. The van der Waals surface area contributed by atoms with Crippen molar-refractivity contribution in [3.05, 3.63) is 30.3 Å². The molecule has 1 saturated heterocycles. The first-order chi connectivity index (χ1) is 10.5. The van der Waals surface area contributed by atoms with E-state index in [9.17, 15) is 13.2 Å². The third-order valence-corrected chi connectivity index (χ3v) is 5.38. The van der Waals surface area contributed by atoms with Crippen molar-refractivity contribution in [1.29, 1.82) is 5.26 Å². The maximum absolute atomic E-state index is 12.1. The van der Waals surface area contributed by atoms with Crippen LogP contribution in [0.4, 0.5) is 0 Å². The quantitative estimate of drug-likeness (QED) is 0.773. The van der Waals surface area contributed by atoms with E-state index in [0.717, 1.165) is 6.42 Å². The van der Waals surface area contributed by atoms with Crippen molar-refractivity contribution in [3.63, 3.8) is 0 Å². The molecule has 1 aromatic rings. The van der Waals surface area contributed by atoms with Gasteiger partial charge < -0.3 is 10.2 Å². The fourth-order valence-corrected chi connectivity index (χ4v) is 3.67. The van der Waals surface area contributed by atoms with Crippen LogP contribution in [0.5, 0.6) is 0 Å². The number of likely N-dealkylation sites (tertiary alicyclic amines) is 1. The first kappa shape index (κ1) is 16.5. The predicted octanol–water partition coefficient (Wildman–Crippen LogP) is 0.564. The van der Waals surface area contributed by atoms with Crippen molar-refractivity contribution in [1.82, 2.24) is 10.2 Å². The molecule has 1 aliphatic heterocycles.